The van der Waals surface area contributed by atoms with Crippen molar-refractivity contribution in [3.8, 4) is 0 Å². The van der Waals surface area contributed by atoms with Gasteiger partial charge in [0, 0.05) is 17.0 Å². The van der Waals surface area contributed by atoms with Crippen LogP contribution in [0.2, 0.25) is 5.02 Å². The number of hydrogen-bond acceptors (Lipinski definition) is 2. The van der Waals surface area contributed by atoms with Crippen molar-refractivity contribution in [2.45, 2.75) is 18.8 Å². The molecule has 1 aromatic heterocycles. The molecule has 90 valence electrons. The van der Waals surface area contributed by atoms with Crippen LogP contribution in [-0.2, 0) is 0 Å². The van der Waals surface area contributed by atoms with E-state index in [4.69, 9.17) is 16.0 Å². The highest BCUT2D eigenvalue weighted by molar-refractivity contribution is 6.31. The summed E-state index contributed by atoms with van der Waals surface area (Å²) in [6.45, 7) is 2.04. The number of benzene rings is 1. The molecule has 0 radical (unpaired) electrons. The predicted octanol–water partition coefficient (Wildman–Crippen LogP) is 3.69. The normalized spacial score (nSPS) is 17.8. The molecule has 0 unspecified atom stereocenters. The number of furan rings is 1. The van der Waals surface area contributed by atoms with Gasteiger partial charge in [0.25, 0.3) is 0 Å². The highest BCUT2D eigenvalue weighted by atomic mass is 35.5. The van der Waals surface area contributed by atoms with E-state index in [2.05, 4.69) is 5.32 Å². The first-order valence-corrected chi connectivity index (χ1v) is 6.20. The third kappa shape index (κ3) is 1.94. The maximum Gasteiger partial charge on any atom is 0.145 e. The van der Waals surface area contributed by atoms with Crippen molar-refractivity contribution < 1.29 is 8.81 Å². The molecule has 0 bridgehead atoms. The first-order chi connectivity index (χ1) is 8.25. The van der Waals surface area contributed by atoms with Crippen LogP contribution in [0.1, 0.15) is 24.3 Å². The van der Waals surface area contributed by atoms with E-state index in [0.29, 0.717) is 11.5 Å². The summed E-state index contributed by atoms with van der Waals surface area (Å²) in [5.74, 6) is 0.0596. The Balaban J connectivity index is 2.07. The van der Waals surface area contributed by atoms with Gasteiger partial charge in [0.2, 0.25) is 0 Å². The Morgan fingerprint density at radius 3 is 2.82 bits per heavy atom. The second kappa shape index (κ2) is 4.31. The molecule has 0 spiro atoms. The predicted molar refractivity (Wildman–Crippen MR) is 66.0 cm³/mol. The molecule has 4 heteroatoms. The van der Waals surface area contributed by atoms with E-state index in [1.54, 1.807) is 12.3 Å². The van der Waals surface area contributed by atoms with Crippen molar-refractivity contribution in [3.05, 3.63) is 34.8 Å². The second-order valence-corrected chi connectivity index (χ2v) is 4.88. The minimum absolute atomic E-state index is 0.161. The fraction of sp³-hybridized carbons (Fsp3) is 0.385. The van der Waals surface area contributed by atoms with Crippen LogP contribution in [0.4, 0.5) is 4.39 Å². The third-order valence-corrected chi connectivity index (χ3v) is 3.71. The summed E-state index contributed by atoms with van der Waals surface area (Å²) >= 11 is 5.83. The number of hydrogen-bond donors (Lipinski definition) is 1. The van der Waals surface area contributed by atoms with Crippen molar-refractivity contribution in [2.24, 2.45) is 0 Å². The van der Waals surface area contributed by atoms with Gasteiger partial charge in [0.05, 0.1) is 11.3 Å². The zero-order valence-corrected chi connectivity index (χ0v) is 10.1. The van der Waals surface area contributed by atoms with E-state index in [1.807, 2.05) is 0 Å². The smallest absolute Gasteiger partial charge is 0.145 e. The van der Waals surface area contributed by atoms with Gasteiger partial charge < -0.3 is 9.73 Å². The molecule has 0 atom stereocenters. The van der Waals surface area contributed by atoms with Crippen LogP contribution in [0.5, 0.6) is 0 Å². The molecule has 1 saturated heterocycles. The third-order valence-electron chi connectivity index (χ3n) is 3.43. The average Bonchev–Trinajstić information content (AvgIpc) is 2.74. The van der Waals surface area contributed by atoms with Crippen molar-refractivity contribution in [1.82, 2.24) is 5.32 Å². The van der Waals surface area contributed by atoms with Crippen molar-refractivity contribution in [1.29, 1.82) is 0 Å². The van der Waals surface area contributed by atoms with Crippen LogP contribution in [0, 0.1) is 5.82 Å². The Labute approximate surface area is 104 Å². The van der Waals surface area contributed by atoms with Gasteiger partial charge in [0.15, 0.2) is 0 Å². The van der Waals surface area contributed by atoms with Gasteiger partial charge in [-0.25, -0.2) is 4.39 Å². The molecule has 2 nitrogen and oxygen atoms in total. The molecule has 2 aromatic rings. The molecule has 1 fully saturated rings. The standard InChI is InChI=1S/C13H13ClFNO/c14-11-5-9-10(8-1-3-16-4-2-8)7-17-13(9)6-12(11)15/h5-8,16H,1-4H2. The summed E-state index contributed by atoms with van der Waals surface area (Å²) in [6.07, 6.45) is 3.92. The fourth-order valence-corrected chi connectivity index (χ4v) is 2.65. The summed E-state index contributed by atoms with van der Waals surface area (Å²) in [6, 6.07) is 3.04. The first-order valence-electron chi connectivity index (χ1n) is 5.82. The minimum Gasteiger partial charge on any atom is -0.464 e. The van der Waals surface area contributed by atoms with Gasteiger partial charge in [-0.05, 0) is 37.9 Å². The second-order valence-electron chi connectivity index (χ2n) is 4.48. The number of halogens is 2. The minimum atomic E-state index is -0.426. The molecule has 0 amide bonds. The van der Waals surface area contributed by atoms with E-state index < -0.39 is 5.82 Å². The molecule has 1 N–H and O–H groups in total. The van der Waals surface area contributed by atoms with Gasteiger partial charge in [-0.15, -0.1) is 0 Å². The Bertz CT molecular complexity index is 546. The van der Waals surface area contributed by atoms with Gasteiger partial charge in [-0.1, -0.05) is 11.6 Å². The first kappa shape index (κ1) is 11.1. The lowest BCUT2D eigenvalue weighted by Crippen LogP contribution is -2.26. The fourth-order valence-electron chi connectivity index (χ4n) is 2.49. The van der Waals surface area contributed by atoms with Crippen molar-refractivity contribution in [2.75, 3.05) is 13.1 Å². The highest BCUT2D eigenvalue weighted by Gasteiger charge is 2.20. The lowest BCUT2D eigenvalue weighted by Gasteiger charge is -2.21. The molecule has 17 heavy (non-hydrogen) atoms. The van der Waals surface area contributed by atoms with Crippen LogP contribution in [0.15, 0.2) is 22.8 Å². The molecule has 1 aliphatic rings. The molecular weight excluding hydrogens is 241 g/mol. The van der Waals surface area contributed by atoms with Crippen LogP contribution in [-0.4, -0.2) is 13.1 Å². The Kier molecular flexibility index (Phi) is 2.81. The number of nitrogens with one attached hydrogen (secondary N) is 1. The quantitative estimate of drug-likeness (QED) is 0.839. The maximum atomic E-state index is 13.3. The van der Waals surface area contributed by atoms with Gasteiger partial charge in [-0.2, -0.15) is 0 Å². The van der Waals surface area contributed by atoms with Gasteiger partial charge in [-0.3, -0.25) is 0 Å². The summed E-state index contributed by atoms with van der Waals surface area (Å²) < 4.78 is 18.7. The lowest BCUT2D eigenvalue weighted by atomic mass is 9.90. The van der Waals surface area contributed by atoms with Crippen LogP contribution < -0.4 is 5.32 Å². The lowest BCUT2D eigenvalue weighted by molar-refractivity contribution is 0.457. The molecule has 3 rings (SSSR count). The zero-order chi connectivity index (χ0) is 11.8. The molecule has 1 aliphatic heterocycles. The monoisotopic (exact) mass is 253 g/mol. The largest absolute Gasteiger partial charge is 0.464 e. The highest BCUT2D eigenvalue weighted by Crippen LogP contribution is 2.35. The molecule has 1 aromatic carbocycles. The SMILES string of the molecule is Fc1cc2occ(C3CCNCC3)c2cc1Cl. The number of rotatable bonds is 1. The van der Waals surface area contributed by atoms with E-state index in [1.165, 1.54) is 6.07 Å². The zero-order valence-electron chi connectivity index (χ0n) is 9.30. The van der Waals surface area contributed by atoms with Gasteiger partial charge >= 0.3 is 0 Å². The van der Waals surface area contributed by atoms with Crippen LogP contribution in [0.3, 0.4) is 0 Å². The van der Waals surface area contributed by atoms with E-state index >= 15 is 0 Å². The van der Waals surface area contributed by atoms with E-state index in [0.717, 1.165) is 36.9 Å². The van der Waals surface area contributed by atoms with Crippen molar-refractivity contribution >= 4 is 22.6 Å². The number of fused-ring (bicyclic) bond motifs is 1. The van der Waals surface area contributed by atoms with E-state index in [9.17, 15) is 4.39 Å². The molecule has 0 saturated carbocycles. The number of piperidine rings is 1. The van der Waals surface area contributed by atoms with Crippen molar-refractivity contribution in [3.63, 3.8) is 0 Å². The Morgan fingerprint density at radius 2 is 2.06 bits per heavy atom. The van der Waals surface area contributed by atoms with Crippen LogP contribution >= 0.6 is 11.6 Å². The average molecular weight is 254 g/mol. The summed E-state index contributed by atoms with van der Waals surface area (Å²) in [5, 5.41) is 4.44. The Hall–Kier alpha value is -1.06. The van der Waals surface area contributed by atoms with E-state index in [-0.39, 0.29) is 5.02 Å². The Morgan fingerprint density at radius 1 is 1.29 bits per heavy atom. The maximum absolute atomic E-state index is 13.3. The topological polar surface area (TPSA) is 25.2 Å². The summed E-state index contributed by atoms with van der Waals surface area (Å²) in [5.41, 5.74) is 1.74. The van der Waals surface area contributed by atoms with Crippen LogP contribution in [0.25, 0.3) is 11.0 Å². The molecular formula is C13H13ClFNO. The summed E-state index contributed by atoms with van der Waals surface area (Å²) in [7, 11) is 0. The van der Waals surface area contributed by atoms with Gasteiger partial charge in [0.1, 0.15) is 11.4 Å². The molecule has 0 aliphatic carbocycles. The summed E-state index contributed by atoms with van der Waals surface area (Å²) in [4.78, 5) is 0. The molecule has 2 heterocycles.